The van der Waals surface area contributed by atoms with Crippen molar-refractivity contribution < 1.29 is 9.59 Å². The minimum Gasteiger partial charge on any atom is -0.355 e. The first-order chi connectivity index (χ1) is 12.4. The van der Waals surface area contributed by atoms with Crippen molar-refractivity contribution in [2.45, 2.75) is 83.7 Å². The van der Waals surface area contributed by atoms with Crippen molar-refractivity contribution in [2.75, 3.05) is 6.54 Å². The average molecular weight is 361 g/mol. The number of nitrogens with one attached hydrogen (secondary N) is 2. The Morgan fingerprint density at radius 2 is 1.92 bits per heavy atom. The monoisotopic (exact) mass is 360 g/mol. The summed E-state index contributed by atoms with van der Waals surface area (Å²) in [6, 6.07) is 0.0351. The summed E-state index contributed by atoms with van der Waals surface area (Å²) < 4.78 is 2.09. The molecule has 0 aliphatic heterocycles. The molecule has 1 aromatic heterocycles. The molecule has 2 amide bonds. The van der Waals surface area contributed by atoms with Gasteiger partial charge >= 0.3 is 0 Å². The summed E-state index contributed by atoms with van der Waals surface area (Å²) >= 11 is 0. The molecule has 0 aromatic carbocycles. The summed E-state index contributed by atoms with van der Waals surface area (Å²) in [5.41, 5.74) is 2.34. The summed E-state index contributed by atoms with van der Waals surface area (Å²) in [7, 11) is 0. The molecule has 6 nitrogen and oxygen atoms in total. The number of rotatable bonds is 5. The highest BCUT2D eigenvalue weighted by atomic mass is 16.2. The number of carbonyl (C=O) groups excluding carboxylic acids is 2. The van der Waals surface area contributed by atoms with Gasteiger partial charge in [0.2, 0.25) is 11.8 Å². The van der Waals surface area contributed by atoms with Gasteiger partial charge in [-0.15, -0.1) is 0 Å². The molecule has 2 N–H and O–H groups in total. The lowest BCUT2D eigenvalue weighted by Crippen LogP contribution is -2.36. The minimum absolute atomic E-state index is 0.00178. The fourth-order valence-electron chi connectivity index (χ4n) is 4.18. The Labute approximate surface area is 156 Å². The quantitative estimate of drug-likeness (QED) is 0.848. The predicted molar refractivity (Wildman–Crippen MR) is 101 cm³/mol. The molecule has 0 spiro atoms. The molecule has 2 aliphatic carbocycles. The second-order valence-electron chi connectivity index (χ2n) is 8.66. The lowest BCUT2D eigenvalue weighted by atomic mass is 9.92. The number of carbonyl (C=O) groups is 2. The van der Waals surface area contributed by atoms with E-state index in [1.807, 2.05) is 6.20 Å². The fraction of sp³-hybridized carbons (Fsp3) is 0.750. The molecule has 1 heterocycles. The smallest absolute Gasteiger partial charge is 0.223 e. The van der Waals surface area contributed by atoms with Gasteiger partial charge in [0.25, 0.3) is 0 Å². The van der Waals surface area contributed by atoms with Crippen LogP contribution in [0.3, 0.4) is 0 Å². The maximum Gasteiger partial charge on any atom is 0.223 e. The molecule has 1 aromatic rings. The third-order valence-electron chi connectivity index (χ3n) is 5.53. The number of nitrogens with zero attached hydrogens (tertiary/aromatic N) is 2. The maximum atomic E-state index is 12.3. The molecule has 3 rings (SSSR count). The van der Waals surface area contributed by atoms with Crippen molar-refractivity contribution in [1.82, 2.24) is 20.4 Å². The molecule has 1 atom stereocenters. The van der Waals surface area contributed by atoms with Gasteiger partial charge in [-0.1, -0.05) is 12.8 Å². The van der Waals surface area contributed by atoms with Crippen LogP contribution in [0.25, 0.3) is 0 Å². The van der Waals surface area contributed by atoms with Crippen LogP contribution >= 0.6 is 0 Å². The Morgan fingerprint density at radius 3 is 2.62 bits per heavy atom. The van der Waals surface area contributed by atoms with E-state index in [0.29, 0.717) is 13.0 Å². The zero-order valence-electron chi connectivity index (χ0n) is 16.3. The standard InChI is InChI=1S/C20H32N4O2/c1-20(2,3)24-17-10-6-9-16(15(17)13-22-24)23-18(25)11-12-21-19(26)14-7-4-5-8-14/h13-14,16H,4-12H2,1-3H3,(H,21,26)(H,23,25). The lowest BCUT2D eigenvalue weighted by Gasteiger charge is -2.28. The van der Waals surface area contributed by atoms with E-state index in [4.69, 9.17) is 0 Å². The van der Waals surface area contributed by atoms with Crippen LogP contribution in [0, 0.1) is 5.92 Å². The SMILES string of the molecule is CC(C)(C)n1ncc2c1CCCC2NC(=O)CCNC(=O)C1CCCC1. The third kappa shape index (κ3) is 4.27. The van der Waals surface area contributed by atoms with Crippen molar-refractivity contribution >= 4 is 11.8 Å². The van der Waals surface area contributed by atoms with Gasteiger partial charge in [-0.05, 0) is 52.9 Å². The molecule has 6 heteroatoms. The second kappa shape index (κ2) is 7.80. The summed E-state index contributed by atoms with van der Waals surface area (Å²) in [6.07, 6.45) is 9.51. The number of hydrogen-bond acceptors (Lipinski definition) is 3. The van der Waals surface area contributed by atoms with Crippen LogP contribution < -0.4 is 10.6 Å². The Kier molecular flexibility index (Phi) is 5.68. The van der Waals surface area contributed by atoms with Crippen LogP contribution in [0.1, 0.15) is 83.0 Å². The van der Waals surface area contributed by atoms with Crippen LogP contribution in [0.15, 0.2) is 6.20 Å². The third-order valence-corrected chi connectivity index (χ3v) is 5.53. The van der Waals surface area contributed by atoms with Crippen LogP contribution in [0.5, 0.6) is 0 Å². The van der Waals surface area contributed by atoms with Gasteiger partial charge in [0, 0.05) is 30.1 Å². The molecule has 1 fully saturated rings. The van der Waals surface area contributed by atoms with Gasteiger partial charge in [0.15, 0.2) is 0 Å². The van der Waals surface area contributed by atoms with Gasteiger partial charge in [-0.3, -0.25) is 14.3 Å². The van der Waals surface area contributed by atoms with E-state index in [1.165, 1.54) is 5.69 Å². The zero-order valence-corrected chi connectivity index (χ0v) is 16.3. The molecule has 0 saturated heterocycles. The molecule has 0 bridgehead atoms. The van der Waals surface area contributed by atoms with Crippen molar-refractivity contribution in [3.63, 3.8) is 0 Å². The Morgan fingerprint density at radius 1 is 1.19 bits per heavy atom. The van der Waals surface area contributed by atoms with Gasteiger partial charge < -0.3 is 10.6 Å². The number of aromatic nitrogens is 2. The number of amides is 2. The van der Waals surface area contributed by atoms with E-state index in [-0.39, 0.29) is 29.3 Å². The van der Waals surface area contributed by atoms with E-state index in [9.17, 15) is 9.59 Å². The van der Waals surface area contributed by atoms with Crippen LogP contribution in [-0.2, 0) is 21.5 Å². The summed E-state index contributed by atoms with van der Waals surface area (Å²) in [6.45, 7) is 6.86. The molecule has 144 valence electrons. The van der Waals surface area contributed by atoms with Crippen molar-refractivity contribution in [1.29, 1.82) is 0 Å². The number of fused-ring (bicyclic) bond motifs is 1. The first-order valence-electron chi connectivity index (χ1n) is 10.0. The van der Waals surface area contributed by atoms with Crippen molar-refractivity contribution in [3.8, 4) is 0 Å². The van der Waals surface area contributed by atoms with Gasteiger partial charge in [-0.25, -0.2) is 0 Å². The molecule has 26 heavy (non-hydrogen) atoms. The van der Waals surface area contributed by atoms with Crippen molar-refractivity contribution in [2.24, 2.45) is 5.92 Å². The van der Waals surface area contributed by atoms with E-state index in [1.54, 1.807) is 0 Å². The first-order valence-corrected chi connectivity index (χ1v) is 10.0. The van der Waals surface area contributed by atoms with E-state index in [2.05, 4.69) is 41.2 Å². The van der Waals surface area contributed by atoms with Crippen molar-refractivity contribution in [3.05, 3.63) is 17.5 Å². The highest BCUT2D eigenvalue weighted by Crippen LogP contribution is 2.32. The molecular weight excluding hydrogens is 328 g/mol. The van der Waals surface area contributed by atoms with E-state index in [0.717, 1.165) is 50.5 Å². The van der Waals surface area contributed by atoms with Gasteiger partial charge in [-0.2, -0.15) is 5.10 Å². The Hall–Kier alpha value is -1.85. The fourth-order valence-corrected chi connectivity index (χ4v) is 4.18. The second-order valence-corrected chi connectivity index (χ2v) is 8.66. The zero-order chi connectivity index (χ0) is 18.7. The lowest BCUT2D eigenvalue weighted by molar-refractivity contribution is -0.125. The minimum atomic E-state index is -0.0516. The Bertz CT molecular complexity index is 653. The molecule has 1 saturated carbocycles. The number of hydrogen-bond donors (Lipinski definition) is 2. The first kappa shape index (κ1) is 18.9. The summed E-state index contributed by atoms with van der Waals surface area (Å²) in [5.74, 6) is 0.266. The largest absolute Gasteiger partial charge is 0.355 e. The average Bonchev–Trinajstić information content (AvgIpc) is 3.24. The maximum absolute atomic E-state index is 12.3. The summed E-state index contributed by atoms with van der Waals surface area (Å²) in [5, 5.41) is 10.6. The van der Waals surface area contributed by atoms with Gasteiger partial charge in [0.1, 0.15) is 0 Å². The van der Waals surface area contributed by atoms with Crippen LogP contribution in [0.4, 0.5) is 0 Å². The normalized spacial score (nSPS) is 20.7. The van der Waals surface area contributed by atoms with E-state index >= 15 is 0 Å². The summed E-state index contributed by atoms with van der Waals surface area (Å²) in [4.78, 5) is 24.4. The highest BCUT2D eigenvalue weighted by Gasteiger charge is 2.29. The molecular formula is C20H32N4O2. The molecule has 0 radical (unpaired) electrons. The molecule has 2 aliphatic rings. The highest BCUT2D eigenvalue weighted by molar-refractivity contribution is 5.80. The Balaban J connectivity index is 1.51. The van der Waals surface area contributed by atoms with Gasteiger partial charge in [0.05, 0.1) is 17.8 Å². The molecule has 1 unspecified atom stereocenters. The van der Waals surface area contributed by atoms with Crippen LogP contribution in [0.2, 0.25) is 0 Å². The predicted octanol–water partition coefficient (Wildman–Crippen LogP) is 2.83. The van der Waals surface area contributed by atoms with Crippen LogP contribution in [-0.4, -0.2) is 28.1 Å². The van der Waals surface area contributed by atoms with E-state index < -0.39 is 0 Å². The topological polar surface area (TPSA) is 76.0 Å².